The Kier molecular flexibility index (Phi) is 22.6. The number of hydrogen-bond donors (Lipinski definition) is 2. The van der Waals surface area contributed by atoms with E-state index in [4.69, 9.17) is 28.4 Å². The zero-order valence-electron chi connectivity index (χ0n) is 42.3. The third-order valence-electron chi connectivity index (χ3n) is 14.7. The van der Waals surface area contributed by atoms with Crippen LogP contribution < -0.4 is 0 Å². The zero-order valence-corrected chi connectivity index (χ0v) is 42.3. The maximum Gasteiger partial charge on any atom is 0.329 e. The molecule has 1 aliphatic carbocycles. The quantitative estimate of drug-likeness (QED) is 0.146. The Morgan fingerprint density at radius 3 is 2.26 bits per heavy atom. The Labute approximate surface area is 404 Å². The van der Waals surface area contributed by atoms with Gasteiger partial charge in [0.25, 0.3) is 11.7 Å². The molecule has 2 bridgehead atoms. The number of allylic oxidation sites excluding steroid dienone is 6. The molecule has 3 aliphatic heterocycles. The molecular weight excluding hydrogens is 875 g/mol. The van der Waals surface area contributed by atoms with Crippen LogP contribution in [-0.2, 0) is 57.2 Å². The fourth-order valence-electron chi connectivity index (χ4n) is 10.4. The smallest absolute Gasteiger partial charge is 0.329 e. The molecule has 1 amide bonds. The summed E-state index contributed by atoms with van der Waals surface area (Å²) >= 11 is 0. The number of fused-ring (bicyclic) bond motifs is 3. The van der Waals surface area contributed by atoms with E-state index < -0.39 is 77.4 Å². The Bertz CT molecular complexity index is 1860. The maximum atomic E-state index is 14.4. The van der Waals surface area contributed by atoms with Gasteiger partial charge in [-0.25, -0.2) is 4.79 Å². The number of methoxy groups -OCH3 is 3. The summed E-state index contributed by atoms with van der Waals surface area (Å²) in [5.41, 5.74) is 1.06. The van der Waals surface area contributed by atoms with E-state index in [1.807, 2.05) is 51.2 Å². The lowest BCUT2D eigenvalue weighted by Gasteiger charge is -2.42. The minimum atomic E-state index is -2.44. The van der Waals surface area contributed by atoms with Gasteiger partial charge >= 0.3 is 5.97 Å². The number of ether oxygens (including phenoxy) is 6. The monoisotopic (exact) mass is 956 g/mol. The first kappa shape index (κ1) is 56.9. The number of aliphatic hydroxyl groups excluding tert-OH is 1. The number of esters is 1. The van der Waals surface area contributed by atoms with E-state index in [1.165, 1.54) is 18.1 Å². The van der Waals surface area contributed by atoms with Gasteiger partial charge < -0.3 is 43.5 Å². The van der Waals surface area contributed by atoms with Crippen molar-refractivity contribution in [1.82, 2.24) is 4.90 Å². The molecule has 1 saturated carbocycles. The summed E-state index contributed by atoms with van der Waals surface area (Å²) in [5.74, 6) is -8.86. The molecule has 3 fully saturated rings. The number of nitrogens with zero attached hydrogens (tertiary/aromatic N) is 1. The van der Waals surface area contributed by atoms with Crippen LogP contribution in [0.3, 0.4) is 0 Å². The number of hydrogen-bond acceptors (Lipinski definition) is 14. The number of rotatable bonds is 9. The summed E-state index contributed by atoms with van der Waals surface area (Å²) in [7, 11) is 4.51. The molecule has 2 unspecified atom stereocenters. The highest BCUT2D eigenvalue weighted by atomic mass is 16.6. The topological polar surface area (TPSA) is 202 Å². The van der Waals surface area contributed by atoms with Gasteiger partial charge in [-0.1, -0.05) is 71.1 Å². The second-order valence-corrected chi connectivity index (χ2v) is 20.0. The maximum absolute atomic E-state index is 14.4. The number of amides is 1. The summed E-state index contributed by atoms with van der Waals surface area (Å²) in [5, 5.41) is 21.3. The number of aliphatic hydroxyl groups is 2. The van der Waals surface area contributed by atoms with Crippen molar-refractivity contribution in [3.63, 3.8) is 0 Å². The van der Waals surface area contributed by atoms with Crippen LogP contribution in [0.5, 0.6) is 0 Å². The van der Waals surface area contributed by atoms with Crippen LogP contribution in [0.4, 0.5) is 0 Å². The molecule has 68 heavy (non-hydrogen) atoms. The molecule has 4 aliphatic rings. The Morgan fingerprint density at radius 1 is 0.853 bits per heavy atom. The minimum Gasteiger partial charge on any atom is -0.460 e. The number of Topliss-reactive ketones (excluding diaryl/α,β-unsaturated/α-hetero) is 4. The number of carbonyl (C=O) groups is 6. The molecule has 4 rings (SSSR count). The van der Waals surface area contributed by atoms with Gasteiger partial charge in [-0.2, -0.15) is 0 Å². The van der Waals surface area contributed by atoms with Gasteiger partial charge in [-0.05, 0) is 107 Å². The van der Waals surface area contributed by atoms with E-state index in [-0.39, 0.29) is 79.7 Å². The molecule has 15 nitrogen and oxygen atoms in total. The molecule has 0 spiro atoms. The highest BCUT2D eigenvalue weighted by Crippen LogP contribution is 2.38. The molecule has 14 atom stereocenters. The van der Waals surface area contributed by atoms with E-state index in [0.29, 0.717) is 57.8 Å². The van der Waals surface area contributed by atoms with Gasteiger partial charge in [0.05, 0.1) is 37.6 Å². The van der Waals surface area contributed by atoms with Crippen LogP contribution in [0.1, 0.15) is 126 Å². The predicted molar refractivity (Wildman–Crippen MR) is 255 cm³/mol. The van der Waals surface area contributed by atoms with Gasteiger partial charge in [-0.15, -0.1) is 0 Å². The Balaban J connectivity index is 1.70. The Morgan fingerprint density at radius 2 is 1.59 bits per heavy atom. The highest BCUT2D eigenvalue weighted by molar-refractivity contribution is 6.39. The fourth-order valence-corrected chi connectivity index (χ4v) is 10.4. The first-order chi connectivity index (χ1) is 32.3. The average Bonchev–Trinajstić information content (AvgIpc) is 3.32. The second kappa shape index (κ2) is 27.1. The molecular formula is C53H81NO14. The third-order valence-corrected chi connectivity index (χ3v) is 14.7. The van der Waals surface area contributed by atoms with Crippen molar-refractivity contribution in [2.24, 2.45) is 35.5 Å². The van der Waals surface area contributed by atoms with Crippen molar-refractivity contribution in [2.45, 2.75) is 174 Å². The van der Waals surface area contributed by atoms with Crippen LogP contribution in [0, 0.1) is 35.5 Å². The highest BCUT2D eigenvalue weighted by Gasteiger charge is 2.53. The van der Waals surface area contributed by atoms with E-state index in [1.54, 1.807) is 41.9 Å². The summed E-state index contributed by atoms with van der Waals surface area (Å²) in [6.07, 6.45) is 12.7. The lowest BCUT2D eigenvalue weighted by molar-refractivity contribution is -0.265. The largest absolute Gasteiger partial charge is 0.460 e. The third kappa shape index (κ3) is 15.2. The van der Waals surface area contributed by atoms with Gasteiger partial charge in [0, 0.05) is 58.5 Å². The fraction of sp³-hybridized carbons (Fsp3) is 0.736. The van der Waals surface area contributed by atoms with Crippen LogP contribution in [0.2, 0.25) is 0 Å². The van der Waals surface area contributed by atoms with E-state index in [2.05, 4.69) is 0 Å². The molecule has 0 aromatic heterocycles. The lowest BCUT2D eigenvalue weighted by Crippen LogP contribution is -2.61. The van der Waals surface area contributed by atoms with E-state index >= 15 is 0 Å². The van der Waals surface area contributed by atoms with Crippen molar-refractivity contribution in [2.75, 3.05) is 41.1 Å². The van der Waals surface area contributed by atoms with Crippen molar-refractivity contribution in [3.05, 3.63) is 47.6 Å². The number of ketones is 4. The molecule has 0 radical (unpaired) electrons. The van der Waals surface area contributed by atoms with Crippen molar-refractivity contribution >= 4 is 35.0 Å². The van der Waals surface area contributed by atoms with Crippen LogP contribution in [-0.4, -0.2) is 140 Å². The summed E-state index contributed by atoms with van der Waals surface area (Å²) in [6.45, 7) is 12.6. The SMILES string of the molecule is COC1C[C@H](C[C@@H](C)[C@@H]2CC(=O)[C@H](C)/C=C(\C)C(=O)[C@@H](OC)C(=O)[C@H](C)C[C@H](C)/C=C/C=C/C=C(\C)[C@@H](OC)C[C@@H]3CC[C@@H](C)C(O)(O3)C(=O)C(=O)N3CCCC[C@H]3C(=O)O2)CC[C@H]1OCCO. The van der Waals surface area contributed by atoms with Crippen molar-refractivity contribution in [1.29, 1.82) is 0 Å². The predicted octanol–water partition coefficient (Wildman–Crippen LogP) is 6.41. The van der Waals surface area contributed by atoms with Crippen LogP contribution in [0.15, 0.2) is 47.6 Å². The zero-order chi connectivity index (χ0) is 50.3. The van der Waals surface area contributed by atoms with Gasteiger partial charge in [0.1, 0.15) is 17.9 Å². The van der Waals surface area contributed by atoms with Crippen molar-refractivity contribution < 1.29 is 67.4 Å². The molecule has 2 N–H and O–H groups in total. The first-order valence-corrected chi connectivity index (χ1v) is 24.9. The number of cyclic esters (lactones) is 1. The van der Waals surface area contributed by atoms with Gasteiger partial charge in [-0.3, -0.25) is 24.0 Å². The summed E-state index contributed by atoms with van der Waals surface area (Å²) in [6, 6.07) is -1.16. The molecule has 15 heteroatoms. The number of carbonyl (C=O) groups excluding carboxylic acids is 6. The number of piperidine rings is 1. The van der Waals surface area contributed by atoms with E-state index in [0.717, 1.165) is 12.0 Å². The molecule has 2 saturated heterocycles. The standard InChI is InChI=1S/C53H81NO14/c1-32-16-12-11-13-17-33(2)44(63-8)30-40-21-19-38(7)53(62,68-40)50(59)51(60)54-23-15-14-18-41(54)52(61)67-45(35(4)28-39-20-22-43(66-25-24-55)46(29-39)64-9)31-42(56)34(3)27-37(6)48(58)49(65-10)47(57)36(5)26-32/h11-13,16-17,27,32,34-36,38-41,43-46,49,55,62H,14-15,18-26,28-31H2,1-10H3/b13-11+,16-12+,33-17+,37-27+/t32-,34-,35-,36-,38-,39+,40+,41+,43-,44+,45+,46?,49+,53?/m1/s1. The molecule has 382 valence electrons. The molecule has 3 heterocycles. The minimum absolute atomic E-state index is 0.0139. The molecule has 0 aromatic carbocycles. The first-order valence-electron chi connectivity index (χ1n) is 24.9. The van der Waals surface area contributed by atoms with E-state index in [9.17, 15) is 39.0 Å². The Hall–Kier alpha value is -3.70. The normalized spacial score (nSPS) is 38.1. The average molecular weight is 956 g/mol. The van der Waals surface area contributed by atoms with Crippen LogP contribution >= 0.6 is 0 Å². The second-order valence-electron chi connectivity index (χ2n) is 20.0. The summed E-state index contributed by atoms with van der Waals surface area (Å²) < 4.78 is 35.4. The molecule has 0 aromatic rings. The summed E-state index contributed by atoms with van der Waals surface area (Å²) in [4.78, 5) is 85.8. The van der Waals surface area contributed by atoms with Crippen molar-refractivity contribution in [3.8, 4) is 0 Å². The van der Waals surface area contributed by atoms with Crippen LogP contribution in [0.25, 0.3) is 0 Å². The van der Waals surface area contributed by atoms with Gasteiger partial charge in [0.15, 0.2) is 17.7 Å². The van der Waals surface area contributed by atoms with Gasteiger partial charge in [0.2, 0.25) is 5.79 Å². The lowest BCUT2D eigenvalue weighted by atomic mass is 9.78.